The normalized spacial score (nSPS) is 14.4. The van der Waals surface area contributed by atoms with Crippen molar-refractivity contribution in [2.24, 2.45) is 0 Å². The van der Waals surface area contributed by atoms with E-state index in [-0.39, 0.29) is 19.1 Å². The Morgan fingerprint density at radius 3 is 1.24 bits per heavy atom. The number of phosphoric ester groups is 1. The lowest BCUT2D eigenvalue weighted by Crippen LogP contribution is -2.45. The molecule has 0 aliphatic carbocycles. The number of phosphoric acid groups is 1. The summed E-state index contributed by atoms with van der Waals surface area (Å²) in [7, 11) is 1.54. The van der Waals surface area contributed by atoms with Crippen LogP contribution in [0.5, 0.6) is 0 Å². The first-order valence-electron chi connectivity index (χ1n) is 29.3. The average Bonchev–Trinajstić information content (AvgIpc) is 3.32. The summed E-state index contributed by atoms with van der Waals surface area (Å²) in [5, 5.41) is 13.9. The molecule has 0 bridgehead atoms. The van der Waals surface area contributed by atoms with E-state index in [0.29, 0.717) is 17.4 Å². The Kier molecular flexibility index (Phi) is 50.3. The van der Waals surface area contributed by atoms with Gasteiger partial charge in [-0.05, 0) is 83.5 Å². The Morgan fingerprint density at radius 1 is 0.486 bits per heavy atom. The molecule has 0 saturated heterocycles. The summed E-state index contributed by atoms with van der Waals surface area (Å²) < 4.78 is 23.7. The fourth-order valence-electron chi connectivity index (χ4n) is 8.26. The standard InChI is InChI=1S/C61H113N2O6P/c1-6-8-10-12-14-16-18-20-22-24-26-27-28-29-30-31-32-33-34-35-37-39-41-43-45-47-49-51-53-55-61(65)62-59(58-69-70(66,67)68-57-56-63(3,4)5)60(64)54-52-50-48-46-44-42-40-38-36-25-23-21-19-17-15-13-11-9-7-2/h18,20,24,26,28-29,36,38,44,46,52,54,59-60,64H,6-17,19,21-23,25,27,30-35,37,39-43,45,47-51,53,55-58H2,1-5H3,(H-,62,65,66,67)/p+1/b20-18-,26-24-,29-28-,38-36+,46-44+,54-52+. The second kappa shape index (κ2) is 51.8. The monoisotopic (exact) mass is 1000 g/mol. The number of allylic oxidation sites excluding steroid dienone is 11. The van der Waals surface area contributed by atoms with Gasteiger partial charge in [-0.1, -0.05) is 241 Å². The fraction of sp³-hybridized carbons (Fsp3) is 0.787. The van der Waals surface area contributed by atoms with E-state index in [2.05, 4.69) is 79.9 Å². The Labute approximate surface area is 434 Å². The van der Waals surface area contributed by atoms with Crippen molar-refractivity contribution in [2.75, 3.05) is 40.9 Å². The zero-order valence-corrected chi connectivity index (χ0v) is 47.4. The number of carbonyl (C=O) groups excluding carboxylic acids is 1. The zero-order valence-electron chi connectivity index (χ0n) is 46.5. The van der Waals surface area contributed by atoms with E-state index in [1.54, 1.807) is 6.08 Å². The molecule has 408 valence electrons. The molecule has 0 fully saturated rings. The predicted octanol–water partition coefficient (Wildman–Crippen LogP) is 17.9. The van der Waals surface area contributed by atoms with Gasteiger partial charge in [0.2, 0.25) is 5.91 Å². The lowest BCUT2D eigenvalue weighted by Gasteiger charge is -2.25. The molecule has 0 radical (unpaired) electrons. The van der Waals surface area contributed by atoms with Gasteiger partial charge in [-0.3, -0.25) is 13.8 Å². The highest BCUT2D eigenvalue weighted by Crippen LogP contribution is 2.43. The minimum absolute atomic E-state index is 0.0514. The topological polar surface area (TPSA) is 105 Å². The number of aliphatic hydroxyl groups excluding tert-OH is 1. The number of aliphatic hydroxyl groups is 1. The van der Waals surface area contributed by atoms with Crippen LogP contribution in [0.2, 0.25) is 0 Å². The summed E-state index contributed by atoms with van der Waals surface area (Å²) in [4.78, 5) is 23.3. The third-order valence-corrected chi connectivity index (χ3v) is 13.9. The van der Waals surface area contributed by atoms with Gasteiger partial charge in [-0.2, -0.15) is 0 Å². The van der Waals surface area contributed by atoms with Gasteiger partial charge in [0.1, 0.15) is 13.2 Å². The molecular formula is C61H114N2O6P+. The fourth-order valence-corrected chi connectivity index (χ4v) is 8.99. The number of unbranched alkanes of at least 4 members (excludes halogenated alkanes) is 30. The molecule has 9 heteroatoms. The van der Waals surface area contributed by atoms with Crippen molar-refractivity contribution in [1.82, 2.24) is 5.32 Å². The van der Waals surface area contributed by atoms with Crippen molar-refractivity contribution < 1.29 is 32.9 Å². The summed E-state index contributed by atoms with van der Waals surface area (Å²) in [5.41, 5.74) is 0. The molecular weight excluding hydrogens is 888 g/mol. The van der Waals surface area contributed by atoms with Crippen LogP contribution in [0, 0.1) is 0 Å². The number of hydrogen-bond donors (Lipinski definition) is 3. The number of quaternary nitrogens is 1. The average molecular weight is 1000 g/mol. The van der Waals surface area contributed by atoms with Gasteiger partial charge in [-0.25, -0.2) is 4.57 Å². The molecule has 0 saturated carbocycles. The lowest BCUT2D eigenvalue weighted by atomic mass is 10.0. The molecule has 70 heavy (non-hydrogen) atoms. The van der Waals surface area contributed by atoms with Crippen molar-refractivity contribution in [3.05, 3.63) is 72.9 Å². The van der Waals surface area contributed by atoms with Gasteiger partial charge in [-0.15, -0.1) is 0 Å². The molecule has 1 amide bonds. The van der Waals surface area contributed by atoms with Crippen LogP contribution in [0.4, 0.5) is 0 Å². The van der Waals surface area contributed by atoms with Crippen LogP contribution in [0.25, 0.3) is 0 Å². The van der Waals surface area contributed by atoms with Gasteiger partial charge in [0.25, 0.3) is 0 Å². The number of carbonyl (C=O) groups is 1. The number of hydrogen-bond acceptors (Lipinski definition) is 5. The second-order valence-electron chi connectivity index (χ2n) is 21.0. The molecule has 0 aliphatic heterocycles. The minimum Gasteiger partial charge on any atom is -0.387 e. The van der Waals surface area contributed by atoms with E-state index in [1.807, 2.05) is 27.2 Å². The molecule has 0 spiro atoms. The molecule has 0 rings (SSSR count). The molecule has 8 nitrogen and oxygen atoms in total. The summed E-state index contributed by atoms with van der Waals surface area (Å²) >= 11 is 0. The summed E-state index contributed by atoms with van der Waals surface area (Å²) in [6.45, 7) is 4.78. The van der Waals surface area contributed by atoms with Crippen LogP contribution in [-0.4, -0.2) is 73.4 Å². The van der Waals surface area contributed by atoms with Crippen LogP contribution in [0.3, 0.4) is 0 Å². The molecule has 3 atom stereocenters. The highest BCUT2D eigenvalue weighted by atomic mass is 31.2. The van der Waals surface area contributed by atoms with Crippen molar-refractivity contribution in [3.8, 4) is 0 Å². The number of likely N-dealkylation sites (N-methyl/N-ethyl adjacent to an activating group) is 1. The van der Waals surface area contributed by atoms with E-state index in [4.69, 9.17) is 9.05 Å². The maximum atomic E-state index is 13.0. The Morgan fingerprint density at radius 2 is 0.829 bits per heavy atom. The third kappa shape index (κ3) is 53.7. The van der Waals surface area contributed by atoms with Gasteiger partial charge in [0.15, 0.2) is 0 Å². The van der Waals surface area contributed by atoms with E-state index >= 15 is 0 Å². The zero-order chi connectivity index (χ0) is 51.3. The summed E-state index contributed by atoms with van der Waals surface area (Å²) in [6.07, 6.45) is 71.5. The van der Waals surface area contributed by atoms with Crippen LogP contribution in [-0.2, 0) is 18.4 Å². The predicted molar refractivity (Wildman–Crippen MR) is 304 cm³/mol. The Hall–Kier alpha value is -2.06. The van der Waals surface area contributed by atoms with Crippen molar-refractivity contribution in [2.45, 2.75) is 270 Å². The molecule has 3 unspecified atom stereocenters. The van der Waals surface area contributed by atoms with E-state index in [9.17, 15) is 19.4 Å². The Balaban J connectivity index is 4.22. The highest BCUT2D eigenvalue weighted by molar-refractivity contribution is 7.47. The molecule has 3 N–H and O–H groups in total. The first kappa shape index (κ1) is 67.9. The van der Waals surface area contributed by atoms with Crippen LogP contribution in [0.1, 0.15) is 258 Å². The van der Waals surface area contributed by atoms with E-state index in [1.165, 1.54) is 180 Å². The second-order valence-corrected chi connectivity index (χ2v) is 22.4. The third-order valence-electron chi connectivity index (χ3n) is 12.9. The Bertz CT molecular complexity index is 1370. The van der Waals surface area contributed by atoms with Gasteiger partial charge in [0.05, 0.1) is 39.9 Å². The maximum Gasteiger partial charge on any atom is 0.472 e. The minimum atomic E-state index is -4.36. The highest BCUT2D eigenvalue weighted by Gasteiger charge is 2.27. The van der Waals surface area contributed by atoms with E-state index in [0.717, 1.165) is 57.8 Å². The number of nitrogens with zero attached hydrogens (tertiary/aromatic N) is 1. The van der Waals surface area contributed by atoms with Crippen molar-refractivity contribution in [1.29, 1.82) is 0 Å². The van der Waals surface area contributed by atoms with Crippen molar-refractivity contribution >= 4 is 13.7 Å². The first-order valence-corrected chi connectivity index (χ1v) is 30.8. The maximum absolute atomic E-state index is 13.0. The molecule has 0 aromatic carbocycles. The van der Waals surface area contributed by atoms with Crippen LogP contribution < -0.4 is 5.32 Å². The van der Waals surface area contributed by atoms with Gasteiger partial charge >= 0.3 is 7.82 Å². The smallest absolute Gasteiger partial charge is 0.387 e. The van der Waals surface area contributed by atoms with Gasteiger partial charge in [0, 0.05) is 6.42 Å². The van der Waals surface area contributed by atoms with Gasteiger partial charge < -0.3 is 19.8 Å². The summed E-state index contributed by atoms with van der Waals surface area (Å²) in [5.74, 6) is -0.192. The number of rotatable bonds is 53. The van der Waals surface area contributed by atoms with Crippen LogP contribution >= 0.6 is 7.82 Å². The molecule has 0 aliphatic rings. The number of amides is 1. The lowest BCUT2D eigenvalue weighted by molar-refractivity contribution is -0.870. The largest absolute Gasteiger partial charge is 0.472 e. The van der Waals surface area contributed by atoms with Crippen LogP contribution in [0.15, 0.2) is 72.9 Å². The molecule has 0 heterocycles. The van der Waals surface area contributed by atoms with E-state index < -0.39 is 20.0 Å². The SMILES string of the molecule is CCCCCCC/C=C\C/C=C\C/C=C\CCCCCCCCCCCCCCCCC(=O)NC(COP(=O)(O)OCC[N+](C)(C)C)C(O)/C=C/CC/C=C/CC/C=C/CCCCCCCCCCC. The summed E-state index contributed by atoms with van der Waals surface area (Å²) in [6, 6.07) is -0.873. The molecule has 0 aromatic heterocycles. The van der Waals surface area contributed by atoms with Crippen molar-refractivity contribution in [3.63, 3.8) is 0 Å². The first-order chi connectivity index (χ1) is 34.0. The quantitative estimate of drug-likeness (QED) is 0.0243. The molecule has 0 aromatic rings. The number of nitrogens with one attached hydrogen (secondary N) is 1.